The van der Waals surface area contributed by atoms with Gasteiger partial charge in [0.25, 0.3) is 0 Å². The fourth-order valence-electron chi connectivity index (χ4n) is 7.00. The summed E-state index contributed by atoms with van der Waals surface area (Å²) < 4.78 is 15.5. The Morgan fingerprint density at radius 3 is 2.18 bits per heavy atom. The first kappa shape index (κ1) is 21.9. The van der Waals surface area contributed by atoms with Gasteiger partial charge in [-0.15, -0.1) is 0 Å². The number of aryl methyl sites for hydroxylation is 2. The highest BCUT2D eigenvalue weighted by Gasteiger charge is 2.29. The van der Waals surface area contributed by atoms with Gasteiger partial charge in [0.1, 0.15) is 29.4 Å². The summed E-state index contributed by atoms with van der Waals surface area (Å²) in [4.78, 5) is 0. The summed E-state index contributed by atoms with van der Waals surface area (Å²) in [6, 6.07) is 23.9. The number of nitrogens with zero attached hydrogens (tertiary/aromatic N) is 1. The Morgan fingerprint density at radius 2 is 1.39 bits per heavy atom. The van der Waals surface area contributed by atoms with Crippen LogP contribution in [0.2, 0.25) is 0 Å². The molecule has 1 aliphatic carbocycles. The highest BCUT2D eigenvalue weighted by molar-refractivity contribution is 6.20. The van der Waals surface area contributed by atoms with Crippen LogP contribution in [-0.4, -0.2) is 0 Å². The molecule has 186 valence electrons. The quantitative estimate of drug-likeness (QED) is 0.223. The van der Waals surface area contributed by atoms with E-state index < -0.39 is 0 Å². The average Bonchev–Trinajstić information content (AvgIpc) is 3.67. The normalized spacial score (nSPS) is 14.7. The number of furan rings is 2. The number of fused-ring (bicyclic) bond motifs is 8. The molecular formula is C35H30NO2+. The number of aromatic nitrogens is 1. The highest BCUT2D eigenvalue weighted by Crippen LogP contribution is 2.47. The van der Waals surface area contributed by atoms with Crippen molar-refractivity contribution in [3.63, 3.8) is 0 Å². The third-order valence-corrected chi connectivity index (χ3v) is 9.01. The lowest BCUT2D eigenvalue weighted by atomic mass is 9.88. The third-order valence-electron chi connectivity index (χ3n) is 9.01. The lowest BCUT2D eigenvalue weighted by molar-refractivity contribution is -0.659. The molecule has 3 aromatic heterocycles. The van der Waals surface area contributed by atoms with Crippen molar-refractivity contribution >= 4 is 54.6 Å². The lowest BCUT2D eigenvalue weighted by Gasteiger charge is -2.15. The van der Waals surface area contributed by atoms with E-state index in [-0.39, 0.29) is 0 Å². The fourth-order valence-corrected chi connectivity index (χ4v) is 7.00. The van der Waals surface area contributed by atoms with Gasteiger partial charge >= 0.3 is 0 Å². The van der Waals surface area contributed by atoms with Crippen LogP contribution in [0.3, 0.4) is 0 Å². The third kappa shape index (κ3) is 2.93. The Kier molecular flexibility index (Phi) is 4.58. The molecule has 3 heterocycles. The molecule has 3 nitrogen and oxygen atoms in total. The zero-order chi connectivity index (χ0) is 25.5. The molecule has 1 saturated carbocycles. The zero-order valence-corrected chi connectivity index (χ0v) is 22.1. The van der Waals surface area contributed by atoms with Crippen molar-refractivity contribution in [2.75, 3.05) is 0 Å². The molecule has 8 rings (SSSR count). The molecule has 0 atom stereocenters. The summed E-state index contributed by atoms with van der Waals surface area (Å²) in [5, 5.41) is 7.27. The van der Waals surface area contributed by atoms with Crippen LogP contribution in [-0.2, 0) is 7.05 Å². The Morgan fingerprint density at radius 1 is 0.711 bits per heavy atom. The molecule has 0 radical (unpaired) electrons. The number of hydrogen-bond donors (Lipinski definition) is 0. The topological polar surface area (TPSA) is 30.2 Å². The summed E-state index contributed by atoms with van der Waals surface area (Å²) in [6.45, 7) is 4.44. The number of pyridine rings is 1. The Bertz CT molecular complexity index is 2070. The highest BCUT2D eigenvalue weighted by atomic mass is 16.3. The van der Waals surface area contributed by atoms with Crippen LogP contribution in [0.25, 0.3) is 65.9 Å². The van der Waals surface area contributed by atoms with E-state index in [0.717, 1.165) is 27.7 Å². The largest absolute Gasteiger partial charge is 0.455 e. The van der Waals surface area contributed by atoms with Crippen molar-refractivity contribution in [1.29, 1.82) is 0 Å². The van der Waals surface area contributed by atoms with E-state index in [1.807, 2.05) is 6.07 Å². The van der Waals surface area contributed by atoms with Crippen LogP contribution < -0.4 is 4.57 Å². The second kappa shape index (κ2) is 7.94. The van der Waals surface area contributed by atoms with Crippen LogP contribution in [0, 0.1) is 13.8 Å². The van der Waals surface area contributed by atoms with Crippen LogP contribution in [0.1, 0.15) is 48.3 Å². The second-order valence-electron chi connectivity index (χ2n) is 11.2. The molecule has 4 aromatic carbocycles. The van der Waals surface area contributed by atoms with Gasteiger partial charge in [-0.25, -0.2) is 4.57 Å². The summed E-state index contributed by atoms with van der Waals surface area (Å²) in [7, 11) is 2.16. The van der Waals surface area contributed by atoms with E-state index in [9.17, 15) is 0 Å². The maximum absolute atomic E-state index is 6.65. The van der Waals surface area contributed by atoms with Gasteiger partial charge in [-0.05, 0) is 73.6 Å². The van der Waals surface area contributed by atoms with Crippen LogP contribution in [0.5, 0.6) is 0 Å². The van der Waals surface area contributed by atoms with E-state index in [2.05, 4.69) is 92.3 Å². The molecule has 0 aliphatic heterocycles. The van der Waals surface area contributed by atoms with E-state index in [4.69, 9.17) is 8.83 Å². The Balaban J connectivity index is 1.57. The van der Waals surface area contributed by atoms with E-state index in [1.54, 1.807) is 0 Å². The molecule has 1 aliphatic rings. The summed E-state index contributed by atoms with van der Waals surface area (Å²) >= 11 is 0. The molecule has 0 bridgehead atoms. The number of benzene rings is 4. The Hall–Kier alpha value is -4.11. The van der Waals surface area contributed by atoms with Crippen molar-refractivity contribution in [1.82, 2.24) is 0 Å². The van der Waals surface area contributed by atoms with Gasteiger partial charge in [0.2, 0.25) is 5.69 Å². The minimum absolute atomic E-state index is 0.561. The molecule has 7 aromatic rings. The van der Waals surface area contributed by atoms with E-state index in [0.29, 0.717) is 5.92 Å². The molecule has 0 amide bonds. The molecule has 1 fully saturated rings. The van der Waals surface area contributed by atoms with Crippen molar-refractivity contribution in [3.05, 3.63) is 89.6 Å². The minimum Gasteiger partial charge on any atom is -0.455 e. The van der Waals surface area contributed by atoms with E-state index in [1.165, 1.54) is 80.6 Å². The average molecular weight is 497 g/mol. The predicted molar refractivity (Wildman–Crippen MR) is 156 cm³/mol. The standard InChI is InChI=1S/C35H30NO2/c1-20-18-28-23-12-6-8-14-29(23)37-35(28)31(21(20)2)33-27-19-26(22-10-4-5-11-22)32-25-13-7-9-15-30(25)38-34(32)24(27)16-17-36(33)3/h6-9,12-19,22H,4-5,10-11H2,1-3H3/q+1. The monoisotopic (exact) mass is 496 g/mol. The zero-order valence-electron chi connectivity index (χ0n) is 22.1. The van der Waals surface area contributed by atoms with Gasteiger partial charge in [-0.1, -0.05) is 49.2 Å². The maximum Gasteiger partial charge on any atom is 0.224 e. The van der Waals surface area contributed by atoms with Crippen molar-refractivity contribution in [2.45, 2.75) is 45.4 Å². The van der Waals surface area contributed by atoms with Gasteiger partial charge in [-0.3, -0.25) is 0 Å². The van der Waals surface area contributed by atoms with Gasteiger partial charge in [0.15, 0.2) is 6.20 Å². The van der Waals surface area contributed by atoms with Gasteiger partial charge < -0.3 is 8.83 Å². The molecule has 0 unspecified atom stereocenters. The maximum atomic E-state index is 6.65. The molecule has 0 saturated heterocycles. The number of para-hydroxylation sites is 2. The molecule has 0 spiro atoms. The summed E-state index contributed by atoms with van der Waals surface area (Å²) in [6.07, 6.45) is 7.26. The first-order chi connectivity index (χ1) is 18.6. The SMILES string of the molecule is Cc1cc2c(oc3ccccc32)c(-c2c3cc(C4CCCC4)c4c5ccccc5oc4c3cc[n+]2C)c1C. The first-order valence-electron chi connectivity index (χ1n) is 13.8. The van der Waals surface area contributed by atoms with Gasteiger partial charge in [0.05, 0.1) is 10.9 Å². The second-order valence-corrected chi connectivity index (χ2v) is 11.2. The first-order valence-corrected chi connectivity index (χ1v) is 13.8. The van der Waals surface area contributed by atoms with Crippen LogP contribution >= 0.6 is 0 Å². The van der Waals surface area contributed by atoms with E-state index >= 15 is 0 Å². The van der Waals surface area contributed by atoms with Gasteiger partial charge in [-0.2, -0.15) is 0 Å². The molecule has 38 heavy (non-hydrogen) atoms. The number of hydrogen-bond acceptors (Lipinski definition) is 2. The van der Waals surface area contributed by atoms with Crippen LogP contribution in [0.15, 0.2) is 81.8 Å². The fraction of sp³-hybridized carbons (Fsp3) is 0.229. The van der Waals surface area contributed by atoms with Crippen molar-refractivity contribution in [3.8, 4) is 11.3 Å². The van der Waals surface area contributed by atoms with Crippen LogP contribution in [0.4, 0.5) is 0 Å². The summed E-state index contributed by atoms with van der Waals surface area (Å²) in [5.41, 5.74) is 10.2. The predicted octanol–water partition coefficient (Wildman–Crippen LogP) is 9.40. The molecule has 3 heteroatoms. The van der Waals surface area contributed by atoms with Gasteiger partial charge in [0, 0.05) is 33.0 Å². The smallest absolute Gasteiger partial charge is 0.224 e. The molecule has 0 N–H and O–H groups in total. The van der Waals surface area contributed by atoms with Crippen molar-refractivity contribution in [2.24, 2.45) is 7.05 Å². The van der Waals surface area contributed by atoms with Crippen molar-refractivity contribution < 1.29 is 13.4 Å². The molecular weight excluding hydrogens is 466 g/mol. The minimum atomic E-state index is 0.561. The Labute approximate surface area is 221 Å². The summed E-state index contributed by atoms with van der Waals surface area (Å²) in [5.74, 6) is 0.561. The number of rotatable bonds is 2. The lowest BCUT2D eigenvalue weighted by Crippen LogP contribution is -2.31.